The summed E-state index contributed by atoms with van der Waals surface area (Å²) in [5.41, 5.74) is 2.74. The molecule has 0 saturated carbocycles. The van der Waals surface area contributed by atoms with Crippen LogP contribution in [0.1, 0.15) is 18.2 Å². The highest BCUT2D eigenvalue weighted by molar-refractivity contribution is 5.90. The molecule has 0 aliphatic carbocycles. The fraction of sp³-hybridized carbons (Fsp3) is 0.412. The summed E-state index contributed by atoms with van der Waals surface area (Å²) in [6.45, 7) is 7.17. The maximum absolute atomic E-state index is 11.7. The third-order valence-corrected chi connectivity index (χ3v) is 4.65. The van der Waals surface area contributed by atoms with Crippen LogP contribution in [-0.4, -0.2) is 51.1 Å². The van der Waals surface area contributed by atoms with E-state index in [-0.39, 0.29) is 5.56 Å². The Labute approximate surface area is 144 Å². The molecule has 0 atom stereocenters. The molecule has 8 heteroatoms. The van der Waals surface area contributed by atoms with Crippen LogP contribution in [-0.2, 0) is 6.42 Å². The van der Waals surface area contributed by atoms with Crippen molar-refractivity contribution in [2.24, 2.45) is 0 Å². The van der Waals surface area contributed by atoms with E-state index in [0.717, 1.165) is 55.1 Å². The summed E-state index contributed by atoms with van der Waals surface area (Å²) >= 11 is 0. The highest BCUT2D eigenvalue weighted by Gasteiger charge is 2.22. The average molecular weight is 339 g/mol. The van der Waals surface area contributed by atoms with Crippen LogP contribution >= 0.6 is 0 Å². The Balaban J connectivity index is 1.58. The summed E-state index contributed by atoms with van der Waals surface area (Å²) in [7, 11) is 0. The molecule has 0 amide bonds. The topological polar surface area (TPSA) is 93.8 Å². The third kappa shape index (κ3) is 2.84. The van der Waals surface area contributed by atoms with E-state index in [0.29, 0.717) is 5.95 Å². The molecular formula is C17H21N7O. The van der Waals surface area contributed by atoms with Crippen LogP contribution in [0.3, 0.4) is 0 Å². The predicted octanol–water partition coefficient (Wildman–Crippen LogP) is 1.24. The molecule has 3 aromatic rings. The Morgan fingerprint density at radius 1 is 1.16 bits per heavy atom. The first kappa shape index (κ1) is 15.6. The predicted molar refractivity (Wildman–Crippen MR) is 97.3 cm³/mol. The molecule has 1 saturated heterocycles. The fourth-order valence-electron chi connectivity index (χ4n) is 3.37. The molecule has 2 N–H and O–H groups in total. The summed E-state index contributed by atoms with van der Waals surface area (Å²) in [5, 5.41) is 1.11. The zero-order chi connectivity index (χ0) is 17.4. The van der Waals surface area contributed by atoms with Crippen molar-refractivity contribution in [1.82, 2.24) is 24.9 Å². The van der Waals surface area contributed by atoms with Gasteiger partial charge in [0.2, 0.25) is 5.95 Å². The molecule has 25 heavy (non-hydrogen) atoms. The molecule has 1 aliphatic rings. The Morgan fingerprint density at radius 2 is 1.92 bits per heavy atom. The minimum atomic E-state index is -0.109. The van der Waals surface area contributed by atoms with Gasteiger partial charge in [0.15, 0.2) is 0 Å². The molecule has 0 radical (unpaired) electrons. The first-order valence-corrected chi connectivity index (χ1v) is 8.54. The van der Waals surface area contributed by atoms with Gasteiger partial charge < -0.3 is 14.8 Å². The lowest BCUT2D eigenvalue weighted by Crippen LogP contribution is -2.47. The summed E-state index contributed by atoms with van der Waals surface area (Å²) in [5.74, 6) is 1.63. The summed E-state index contributed by atoms with van der Waals surface area (Å²) < 4.78 is 0. The van der Waals surface area contributed by atoms with Gasteiger partial charge in [-0.15, -0.1) is 0 Å². The number of fused-ring (bicyclic) bond motifs is 1. The molecule has 3 aromatic heterocycles. The smallest absolute Gasteiger partial charge is 0.252 e. The molecular weight excluding hydrogens is 318 g/mol. The second kappa shape index (κ2) is 6.19. The van der Waals surface area contributed by atoms with E-state index < -0.39 is 0 Å². The van der Waals surface area contributed by atoms with Crippen LogP contribution in [0, 0.1) is 6.92 Å². The van der Waals surface area contributed by atoms with Gasteiger partial charge in [-0.2, -0.15) is 0 Å². The Hall–Kier alpha value is -2.90. The van der Waals surface area contributed by atoms with Crippen molar-refractivity contribution in [3.8, 4) is 0 Å². The Morgan fingerprint density at radius 3 is 2.64 bits per heavy atom. The van der Waals surface area contributed by atoms with Gasteiger partial charge in [-0.05, 0) is 18.9 Å². The van der Waals surface area contributed by atoms with Gasteiger partial charge in [0.1, 0.15) is 17.8 Å². The Kier molecular flexibility index (Phi) is 3.87. The van der Waals surface area contributed by atoms with E-state index in [1.165, 1.54) is 11.6 Å². The maximum Gasteiger partial charge on any atom is 0.252 e. The van der Waals surface area contributed by atoms with Crippen molar-refractivity contribution >= 4 is 22.8 Å². The quantitative estimate of drug-likeness (QED) is 0.746. The monoisotopic (exact) mass is 339 g/mol. The van der Waals surface area contributed by atoms with E-state index in [9.17, 15) is 4.79 Å². The Bertz CT molecular complexity index is 953. The molecule has 0 bridgehead atoms. The van der Waals surface area contributed by atoms with Crippen molar-refractivity contribution in [3.05, 3.63) is 40.2 Å². The molecule has 0 aromatic carbocycles. The van der Waals surface area contributed by atoms with Crippen LogP contribution < -0.4 is 15.4 Å². The number of aromatic nitrogens is 5. The van der Waals surface area contributed by atoms with Gasteiger partial charge in [0.25, 0.3) is 5.56 Å². The lowest BCUT2D eigenvalue weighted by atomic mass is 10.1. The van der Waals surface area contributed by atoms with E-state index in [1.807, 2.05) is 13.1 Å². The van der Waals surface area contributed by atoms with Gasteiger partial charge in [0.05, 0.1) is 5.39 Å². The number of hydrogen-bond acceptors (Lipinski definition) is 6. The molecule has 4 heterocycles. The molecule has 8 nitrogen and oxygen atoms in total. The first-order valence-electron chi connectivity index (χ1n) is 8.54. The van der Waals surface area contributed by atoms with Crippen LogP contribution in [0.5, 0.6) is 0 Å². The number of aromatic amines is 2. The summed E-state index contributed by atoms with van der Waals surface area (Å²) in [4.78, 5) is 35.4. The third-order valence-electron chi connectivity index (χ3n) is 4.65. The van der Waals surface area contributed by atoms with Gasteiger partial charge in [0, 0.05) is 44.1 Å². The highest BCUT2D eigenvalue weighted by atomic mass is 16.1. The minimum Gasteiger partial charge on any atom is -0.352 e. The van der Waals surface area contributed by atoms with Crippen LogP contribution in [0.25, 0.3) is 11.0 Å². The van der Waals surface area contributed by atoms with E-state index >= 15 is 0 Å². The number of nitrogens with zero attached hydrogens (tertiary/aromatic N) is 5. The highest BCUT2D eigenvalue weighted by Crippen LogP contribution is 2.27. The minimum absolute atomic E-state index is 0.109. The zero-order valence-corrected chi connectivity index (χ0v) is 14.4. The van der Waals surface area contributed by atoms with Gasteiger partial charge in [-0.25, -0.2) is 15.0 Å². The van der Waals surface area contributed by atoms with Gasteiger partial charge in [-0.3, -0.25) is 9.78 Å². The molecule has 0 spiro atoms. The first-order chi connectivity index (χ1) is 12.2. The van der Waals surface area contributed by atoms with Crippen molar-refractivity contribution in [1.29, 1.82) is 0 Å². The second-order valence-electron chi connectivity index (χ2n) is 6.27. The largest absolute Gasteiger partial charge is 0.352 e. The van der Waals surface area contributed by atoms with Crippen molar-refractivity contribution in [2.45, 2.75) is 20.3 Å². The molecule has 4 rings (SSSR count). The molecule has 0 unspecified atom stereocenters. The van der Waals surface area contributed by atoms with Crippen LogP contribution in [0.4, 0.5) is 11.8 Å². The lowest BCUT2D eigenvalue weighted by Gasteiger charge is -2.36. The molecule has 1 fully saturated rings. The summed E-state index contributed by atoms with van der Waals surface area (Å²) in [6, 6.07) is 1.51. The van der Waals surface area contributed by atoms with Crippen molar-refractivity contribution in [3.63, 3.8) is 0 Å². The lowest BCUT2D eigenvalue weighted by molar-refractivity contribution is 0.634. The van der Waals surface area contributed by atoms with Crippen LogP contribution in [0.15, 0.2) is 23.4 Å². The number of anilines is 2. The van der Waals surface area contributed by atoms with E-state index in [4.69, 9.17) is 0 Å². The SMILES string of the molecule is CCc1c[nH]c2ncnc(N3CCN(c4nc(C)cc(=O)[nH]4)CC3)c12. The number of hydrogen-bond donors (Lipinski definition) is 2. The van der Waals surface area contributed by atoms with Crippen molar-refractivity contribution < 1.29 is 0 Å². The van der Waals surface area contributed by atoms with E-state index in [2.05, 4.69) is 41.6 Å². The van der Waals surface area contributed by atoms with Gasteiger partial charge in [-0.1, -0.05) is 6.92 Å². The zero-order valence-electron chi connectivity index (χ0n) is 14.4. The number of aryl methyl sites for hydroxylation is 2. The summed E-state index contributed by atoms with van der Waals surface area (Å²) in [6.07, 6.45) is 4.56. The maximum atomic E-state index is 11.7. The number of rotatable bonds is 3. The normalized spacial score (nSPS) is 15.1. The average Bonchev–Trinajstić information content (AvgIpc) is 3.04. The standard InChI is InChI=1S/C17H21N7O/c1-3-12-9-18-15-14(12)16(20-10-19-15)23-4-6-24(7-5-23)17-21-11(2)8-13(25)22-17/h8-10H,3-7H2,1-2H3,(H,18,19,20)(H,21,22,25). The van der Waals surface area contributed by atoms with Gasteiger partial charge >= 0.3 is 0 Å². The molecule has 130 valence electrons. The number of piperazine rings is 1. The van der Waals surface area contributed by atoms with Crippen molar-refractivity contribution in [2.75, 3.05) is 36.0 Å². The van der Waals surface area contributed by atoms with Crippen LogP contribution in [0.2, 0.25) is 0 Å². The second-order valence-corrected chi connectivity index (χ2v) is 6.27. The number of H-pyrrole nitrogens is 2. The molecule has 1 aliphatic heterocycles. The fourth-order valence-corrected chi connectivity index (χ4v) is 3.37. The number of nitrogens with one attached hydrogen (secondary N) is 2. The van der Waals surface area contributed by atoms with E-state index in [1.54, 1.807) is 6.33 Å².